The Hall–Kier alpha value is -2.65. The van der Waals surface area contributed by atoms with Gasteiger partial charge in [-0.3, -0.25) is 4.99 Å². The van der Waals surface area contributed by atoms with Crippen molar-refractivity contribution in [2.45, 2.75) is 19.8 Å². The molecule has 1 aromatic heterocycles. The quantitative estimate of drug-likeness (QED) is 0.267. The zero-order valence-electron chi connectivity index (χ0n) is 19.1. The van der Waals surface area contributed by atoms with Crippen LogP contribution in [0, 0.1) is 0 Å². The molecule has 0 spiro atoms. The molecule has 174 valence electrons. The monoisotopic (exact) mass is 557 g/mol. The second kappa shape index (κ2) is 13.2. The molecule has 2 aromatic carbocycles. The number of piperazine rings is 1. The van der Waals surface area contributed by atoms with Crippen molar-refractivity contribution in [2.75, 3.05) is 38.1 Å². The molecular formula is C26H32IN5O. The van der Waals surface area contributed by atoms with Crippen molar-refractivity contribution in [1.29, 1.82) is 0 Å². The lowest BCUT2D eigenvalue weighted by molar-refractivity contribution is 0.107. The molecule has 3 aromatic rings. The minimum Gasteiger partial charge on any atom is -0.372 e. The van der Waals surface area contributed by atoms with Crippen LogP contribution in [0.5, 0.6) is 0 Å². The molecule has 0 amide bonds. The van der Waals surface area contributed by atoms with Gasteiger partial charge >= 0.3 is 0 Å². The molecule has 1 aliphatic rings. The van der Waals surface area contributed by atoms with Crippen molar-refractivity contribution in [1.82, 2.24) is 15.2 Å². The number of halogens is 1. The fourth-order valence-corrected chi connectivity index (χ4v) is 3.89. The number of nitrogens with one attached hydrogen (secondary N) is 1. The molecule has 2 heterocycles. The van der Waals surface area contributed by atoms with E-state index in [1.807, 2.05) is 43.6 Å². The minimum absolute atomic E-state index is 0. The van der Waals surface area contributed by atoms with E-state index in [9.17, 15) is 0 Å². The van der Waals surface area contributed by atoms with E-state index >= 15 is 0 Å². The second-order valence-corrected chi connectivity index (χ2v) is 7.86. The Balaban J connectivity index is 0.00000306. The predicted molar refractivity (Wildman–Crippen MR) is 145 cm³/mol. The summed E-state index contributed by atoms with van der Waals surface area (Å²) >= 11 is 0. The molecule has 0 atom stereocenters. The fourth-order valence-electron chi connectivity index (χ4n) is 3.89. The summed E-state index contributed by atoms with van der Waals surface area (Å²) < 4.78 is 5.89. The van der Waals surface area contributed by atoms with Gasteiger partial charge in [-0.05, 0) is 28.8 Å². The number of rotatable bonds is 7. The number of ether oxygens (including phenoxy) is 1. The van der Waals surface area contributed by atoms with Crippen molar-refractivity contribution in [2.24, 2.45) is 4.99 Å². The van der Waals surface area contributed by atoms with Crippen molar-refractivity contribution in [3.05, 3.63) is 95.7 Å². The van der Waals surface area contributed by atoms with Gasteiger partial charge in [-0.25, -0.2) is 4.98 Å². The molecule has 4 rings (SSSR count). The molecule has 1 saturated heterocycles. The van der Waals surface area contributed by atoms with Gasteiger partial charge in [-0.2, -0.15) is 0 Å². The van der Waals surface area contributed by atoms with Gasteiger partial charge in [0.05, 0.1) is 13.2 Å². The molecule has 1 aliphatic heterocycles. The summed E-state index contributed by atoms with van der Waals surface area (Å²) in [4.78, 5) is 13.6. The summed E-state index contributed by atoms with van der Waals surface area (Å²) in [7, 11) is 1.85. The molecule has 0 aliphatic carbocycles. The first-order valence-corrected chi connectivity index (χ1v) is 11.1. The van der Waals surface area contributed by atoms with Gasteiger partial charge in [0.1, 0.15) is 5.82 Å². The first kappa shape index (κ1) is 25.0. The van der Waals surface area contributed by atoms with E-state index in [1.165, 1.54) is 16.7 Å². The number of aromatic nitrogens is 1. The Morgan fingerprint density at radius 1 is 0.879 bits per heavy atom. The highest BCUT2D eigenvalue weighted by Gasteiger charge is 2.20. The molecule has 1 fully saturated rings. The van der Waals surface area contributed by atoms with Crippen molar-refractivity contribution >= 4 is 35.8 Å². The summed E-state index contributed by atoms with van der Waals surface area (Å²) in [6, 6.07) is 24.9. The summed E-state index contributed by atoms with van der Waals surface area (Å²) in [5.74, 6) is 1.98. The first-order chi connectivity index (χ1) is 15.8. The van der Waals surface area contributed by atoms with E-state index < -0.39 is 0 Å². The van der Waals surface area contributed by atoms with Gasteiger partial charge < -0.3 is 19.9 Å². The number of benzene rings is 2. The Morgan fingerprint density at radius 2 is 1.58 bits per heavy atom. The lowest BCUT2D eigenvalue weighted by Gasteiger charge is -2.37. The third kappa shape index (κ3) is 7.43. The minimum atomic E-state index is 0. The normalized spacial score (nSPS) is 14.0. The van der Waals surface area contributed by atoms with Gasteiger partial charge in [0.25, 0.3) is 0 Å². The third-order valence-corrected chi connectivity index (χ3v) is 5.59. The van der Waals surface area contributed by atoms with Crippen LogP contribution >= 0.6 is 24.0 Å². The summed E-state index contributed by atoms with van der Waals surface area (Å²) in [6.45, 7) is 5.68. The number of guanidine groups is 1. The van der Waals surface area contributed by atoms with E-state index in [1.54, 1.807) is 0 Å². The van der Waals surface area contributed by atoms with Gasteiger partial charge in [0.15, 0.2) is 5.96 Å². The average molecular weight is 557 g/mol. The molecule has 0 bridgehead atoms. The SMILES string of the molecule is CN=C(NCc1cccc(COCc2ccccc2)c1)N1CCN(c2ccccn2)CC1.I. The lowest BCUT2D eigenvalue weighted by Crippen LogP contribution is -2.52. The van der Waals surface area contributed by atoms with Crippen LogP contribution in [0.15, 0.2) is 84.0 Å². The summed E-state index contributed by atoms with van der Waals surface area (Å²) in [5, 5.41) is 3.52. The molecule has 6 nitrogen and oxygen atoms in total. The number of nitrogens with zero attached hydrogens (tertiary/aromatic N) is 4. The van der Waals surface area contributed by atoms with Crippen molar-refractivity contribution < 1.29 is 4.74 Å². The molecule has 33 heavy (non-hydrogen) atoms. The second-order valence-electron chi connectivity index (χ2n) is 7.86. The van der Waals surface area contributed by atoms with Crippen LogP contribution < -0.4 is 10.2 Å². The van der Waals surface area contributed by atoms with Gasteiger partial charge in [-0.15, -0.1) is 24.0 Å². The largest absolute Gasteiger partial charge is 0.372 e. The van der Waals surface area contributed by atoms with E-state index in [-0.39, 0.29) is 24.0 Å². The van der Waals surface area contributed by atoms with E-state index in [0.717, 1.165) is 44.5 Å². The van der Waals surface area contributed by atoms with Gasteiger partial charge in [-0.1, -0.05) is 60.7 Å². The Labute approximate surface area is 213 Å². The third-order valence-electron chi connectivity index (χ3n) is 5.59. The zero-order valence-corrected chi connectivity index (χ0v) is 21.4. The highest BCUT2D eigenvalue weighted by Crippen LogP contribution is 2.13. The average Bonchev–Trinajstić information content (AvgIpc) is 2.86. The Morgan fingerprint density at radius 3 is 2.30 bits per heavy atom. The molecule has 7 heteroatoms. The van der Waals surface area contributed by atoms with Crippen molar-refractivity contribution in [3.8, 4) is 0 Å². The maximum Gasteiger partial charge on any atom is 0.194 e. The first-order valence-electron chi connectivity index (χ1n) is 11.1. The molecular weight excluding hydrogens is 525 g/mol. The summed E-state index contributed by atoms with van der Waals surface area (Å²) in [6.07, 6.45) is 1.85. The maximum atomic E-state index is 5.89. The zero-order chi connectivity index (χ0) is 22.0. The van der Waals surface area contributed by atoms with Gasteiger partial charge in [0.2, 0.25) is 0 Å². The topological polar surface area (TPSA) is 53.0 Å². The highest BCUT2D eigenvalue weighted by molar-refractivity contribution is 14.0. The molecule has 0 unspecified atom stereocenters. The fraction of sp³-hybridized carbons (Fsp3) is 0.308. The number of hydrogen-bond donors (Lipinski definition) is 1. The van der Waals surface area contributed by atoms with Crippen molar-refractivity contribution in [3.63, 3.8) is 0 Å². The Bertz CT molecular complexity index is 992. The van der Waals surface area contributed by atoms with Crippen LogP contribution in [0.2, 0.25) is 0 Å². The van der Waals surface area contributed by atoms with Crippen LogP contribution in [0.1, 0.15) is 16.7 Å². The molecule has 0 saturated carbocycles. The van der Waals surface area contributed by atoms with Crippen LogP contribution in [0.25, 0.3) is 0 Å². The molecule has 1 N–H and O–H groups in total. The maximum absolute atomic E-state index is 5.89. The number of anilines is 1. The van der Waals surface area contributed by atoms with Crippen LogP contribution in [-0.2, 0) is 24.5 Å². The van der Waals surface area contributed by atoms with E-state index in [0.29, 0.717) is 13.2 Å². The number of aliphatic imine (C=N–C) groups is 1. The lowest BCUT2D eigenvalue weighted by atomic mass is 10.1. The van der Waals surface area contributed by atoms with Crippen LogP contribution in [-0.4, -0.2) is 49.1 Å². The summed E-state index contributed by atoms with van der Waals surface area (Å²) in [5.41, 5.74) is 3.59. The van der Waals surface area contributed by atoms with Crippen LogP contribution in [0.3, 0.4) is 0 Å². The van der Waals surface area contributed by atoms with Crippen LogP contribution in [0.4, 0.5) is 5.82 Å². The smallest absolute Gasteiger partial charge is 0.194 e. The predicted octanol–water partition coefficient (Wildman–Crippen LogP) is 4.31. The molecule has 0 radical (unpaired) electrons. The highest BCUT2D eigenvalue weighted by atomic mass is 127. The Kier molecular flexibility index (Phi) is 9.96. The van der Waals surface area contributed by atoms with Gasteiger partial charge in [0, 0.05) is 46.0 Å². The number of pyridine rings is 1. The van der Waals surface area contributed by atoms with E-state index in [2.05, 4.69) is 67.6 Å². The van der Waals surface area contributed by atoms with E-state index in [4.69, 9.17) is 4.74 Å². The standard InChI is InChI=1S/C26H31N5O.HI/c1-27-26(31-16-14-30(15-17-31)25-12-5-6-13-28-25)29-19-23-10-7-11-24(18-23)21-32-20-22-8-3-2-4-9-22;/h2-13,18H,14-17,19-21H2,1H3,(H,27,29);1H. The number of hydrogen-bond acceptors (Lipinski definition) is 4.